The SMILES string of the molecule is COc1ccc([C@H](C)NC(=O)c2cc(S(=O)(=O)N3CCCC3)ccc2Cl)cc1. The summed E-state index contributed by atoms with van der Waals surface area (Å²) in [5.74, 6) is 0.303. The van der Waals surface area contributed by atoms with Gasteiger partial charge in [0.2, 0.25) is 10.0 Å². The molecule has 28 heavy (non-hydrogen) atoms. The Bertz CT molecular complexity index is 955. The van der Waals surface area contributed by atoms with Crippen LogP contribution in [0.4, 0.5) is 0 Å². The molecule has 0 saturated carbocycles. The van der Waals surface area contributed by atoms with Gasteiger partial charge in [0.1, 0.15) is 5.75 Å². The van der Waals surface area contributed by atoms with E-state index in [-0.39, 0.29) is 21.5 Å². The number of carbonyl (C=O) groups excluding carboxylic acids is 1. The molecule has 0 aromatic heterocycles. The summed E-state index contributed by atoms with van der Waals surface area (Å²) in [6, 6.07) is 11.3. The van der Waals surface area contributed by atoms with Crippen molar-refractivity contribution in [2.24, 2.45) is 0 Å². The first-order chi connectivity index (χ1) is 13.3. The molecular formula is C20H23ClN2O4S. The number of hydrogen-bond donors (Lipinski definition) is 1. The molecule has 0 unspecified atom stereocenters. The highest BCUT2D eigenvalue weighted by Crippen LogP contribution is 2.26. The van der Waals surface area contributed by atoms with Crippen molar-refractivity contribution in [3.63, 3.8) is 0 Å². The van der Waals surface area contributed by atoms with E-state index in [4.69, 9.17) is 16.3 Å². The first kappa shape index (κ1) is 20.6. The van der Waals surface area contributed by atoms with E-state index >= 15 is 0 Å². The van der Waals surface area contributed by atoms with Crippen molar-refractivity contribution in [1.29, 1.82) is 0 Å². The van der Waals surface area contributed by atoms with Crippen LogP contribution < -0.4 is 10.1 Å². The van der Waals surface area contributed by atoms with Crippen molar-refractivity contribution in [2.75, 3.05) is 20.2 Å². The molecule has 1 heterocycles. The van der Waals surface area contributed by atoms with Crippen LogP contribution in [0.5, 0.6) is 5.75 Å². The summed E-state index contributed by atoms with van der Waals surface area (Å²) in [7, 11) is -2.03. The van der Waals surface area contributed by atoms with E-state index < -0.39 is 15.9 Å². The van der Waals surface area contributed by atoms with Crippen molar-refractivity contribution >= 4 is 27.5 Å². The normalized spacial score (nSPS) is 16.0. The molecule has 0 spiro atoms. The summed E-state index contributed by atoms with van der Waals surface area (Å²) in [6.45, 7) is 2.85. The molecule has 1 atom stereocenters. The summed E-state index contributed by atoms with van der Waals surface area (Å²) < 4.78 is 32.1. The Hall–Kier alpha value is -2.09. The van der Waals surface area contributed by atoms with Crippen LogP contribution in [0.1, 0.15) is 41.7 Å². The number of sulfonamides is 1. The van der Waals surface area contributed by atoms with Gasteiger partial charge in [-0.3, -0.25) is 4.79 Å². The Morgan fingerprint density at radius 3 is 2.39 bits per heavy atom. The summed E-state index contributed by atoms with van der Waals surface area (Å²) in [6.07, 6.45) is 1.69. The topological polar surface area (TPSA) is 75.7 Å². The number of hydrogen-bond acceptors (Lipinski definition) is 4. The first-order valence-corrected chi connectivity index (χ1v) is 10.9. The molecule has 2 aromatic carbocycles. The molecule has 0 radical (unpaired) electrons. The van der Waals surface area contributed by atoms with Gasteiger partial charge >= 0.3 is 0 Å². The fraction of sp³-hybridized carbons (Fsp3) is 0.350. The maximum atomic E-state index is 12.8. The van der Waals surface area contributed by atoms with Gasteiger partial charge in [-0.2, -0.15) is 4.31 Å². The smallest absolute Gasteiger partial charge is 0.253 e. The minimum atomic E-state index is -3.62. The first-order valence-electron chi connectivity index (χ1n) is 9.07. The molecule has 1 aliphatic heterocycles. The molecule has 1 aliphatic rings. The number of carbonyl (C=O) groups is 1. The standard InChI is InChI=1S/C20H23ClN2O4S/c1-14(15-5-7-16(27-2)8-6-15)22-20(24)18-13-17(9-10-19(18)21)28(25,26)23-11-3-4-12-23/h5-10,13-14H,3-4,11-12H2,1-2H3,(H,22,24)/t14-/m0/s1. The largest absolute Gasteiger partial charge is 0.497 e. The number of ether oxygens (including phenoxy) is 1. The van der Waals surface area contributed by atoms with Crippen LogP contribution in [0.25, 0.3) is 0 Å². The monoisotopic (exact) mass is 422 g/mol. The highest BCUT2D eigenvalue weighted by Gasteiger charge is 2.28. The Balaban J connectivity index is 1.81. The maximum Gasteiger partial charge on any atom is 0.253 e. The molecule has 1 amide bonds. The third-order valence-electron chi connectivity index (χ3n) is 4.85. The zero-order valence-corrected chi connectivity index (χ0v) is 17.4. The lowest BCUT2D eigenvalue weighted by atomic mass is 10.1. The van der Waals surface area contributed by atoms with Crippen molar-refractivity contribution in [3.8, 4) is 5.75 Å². The molecular weight excluding hydrogens is 400 g/mol. The zero-order chi connectivity index (χ0) is 20.3. The minimum absolute atomic E-state index is 0.0843. The van der Waals surface area contributed by atoms with E-state index in [0.29, 0.717) is 13.1 Å². The molecule has 2 aromatic rings. The van der Waals surface area contributed by atoms with Gasteiger partial charge < -0.3 is 10.1 Å². The van der Waals surface area contributed by atoms with Crippen LogP contribution in [0.2, 0.25) is 5.02 Å². The lowest BCUT2D eigenvalue weighted by Gasteiger charge is -2.18. The Morgan fingerprint density at radius 1 is 1.14 bits per heavy atom. The van der Waals surface area contributed by atoms with Crippen molar-refractivity contribution in [3.05, 3.63) is 58.6 Å². The number of methoxy groups -OCH3 is 1. The van der Waals surface area contributed by atoms with E-state index in [9.17, 15) is 13.2 Å². The summed E-state index contributed by atoms with van der Waals surface area (Å²) >= 11 is 6.18. The average molecular weight is 423 g/mol. The summed E-state index contributed by atoms with van der Waals surface area (Å²) in [5, 5.41) is 3.07. The third-order valence-corrected chi connectivity index (χ3v) is 7.07. The van der Waals surface area contributed by atoms with Crippen molar-refractivity contribution in [2.45, 2.75) is 30.7 Å². The second-order valence-electron chi connectivity index (χ2n) is 6.72. The predicted molar refractivity (Wildman–Crippen MR) is 108 cm³/mol. The van der Waals surface area contributed by atoms with Gasteiger partial charge in [-0.25, -0.2) is 8.42 Å². The highest BCUT2D eigenvalue weighted by atomic mass is 35.5. The molecule has 6 nitrogen and oxygen atoms in total. The fourth-order valence-electron chi connectivity index (χ4n) is 3.17. The highest BCUT2D eigenvalue weighted by molar-refractivity contribution is 7.89. The minimum Gasteiger partial charge on any atom is -0.497 e. The maximum absolute atomic E-state index is 12.8. The van der Waals surface area contributed by atoms with Crippen molar-refractivity contribution < 1.29 is 17.9 Å². The number of nitrogens with zero attached hydrogens (tertiary/aromatic N) is 1. The molecule has 1 saturated heterocycles. The van der Waals surface area contributed by atoms with Gasteiger partial charge in [0.05, 0.1) is 28.6 Å². The number of amides is 1. The number of benzene rings is 2. The number of halogens is 1. The number of nitrogens with one attached hydrogen (secondary N) is 1. The second kappa shape index (κ2) is 8.51. The van der Waals surface area contributed by atoms with Crippen LogP contribution >= 0.6 is 11.6 Å². The molecule has 150 valence electrons. The second-order valence-corrected chi connectivity index (χ2v) is 9.07. The Labute approximate surface area is 170 Å². The quantitative estimate of drug-likeness (QED) is 0.771. The van der Waals surface area contributed by atoms with Crippen LogP contribution in [-0.2, 0) is 10.0 Å². The molecule has 1 fully saturated rings. The number of rotatable bonds is 6. The van der Waals surface area contributed by atoms with E-state index in [1.165, 1.54) is 22.5 Å². The van der Waals surface area contributed by atoms with E-state index in [0.717, 1.165) is 24.2 Å². The fourth-order valence-corrected chi connectivity index (χ4v) is 4.91. The molecule has 0 aliphatic carbocycles. The average Bonchev–Trinajstić information content (AvgIpc) is 3.24. The zero-order valence-electron chi connectivity index (χ0n) is 15.8. The molecule has 1 N–H and O–H groups in total. The van der Waals surface area contributed by atoms with Crippen LogP contribution in [0, 0.1) is 0 Å². The Morgan fingerprint density at radius 2 is 1.79 bits per heavy atom. The van der Waals surface area contributed by atoms with Gasteiger partial charge in [-0.15, -0.1) is 0 Å². The molecule has 3 rings (SSSR count). The third kappa shape index (κ3) is 4.32. The lowest BCUT2D eigenvalue weighted by Crippen LogP contribution is -2.29. The van der Waals surface area contributed by atoms with Crippen molar-refractivity contribution in [1.82, 2.24) is 9.62 Å². The van der Waals surface area contributed by atoms with Crippen LogP contribution in [-0.4, -0.2) is 38.8 Å². The van der Waals surface area contributed by atoms with Crippen LogP contribution in [0.3, 0.4) is 0 Å². The van der Waals surface area contributed by atoms with Gasteiger partial charge in [0.25, 0.3) is 5.91 Å². The van der Waals surface area contributed by atoms with Crippen LogP contribution in [0.15, 0.2) is 47.4 Å². The summed E-state index contributed by atoms with van der Waals surface area (Å²) in [4.78, 5) is 12.8. The van der Waals surface area contributed by atoms with E-state index in [2.05, 4.69) is 5.32 Å². The predicted octanol–water partition coefficient (Wildman–Crippen LogP) is 3.62. The lowest BCUT2D eigenvalue weighted by molar-refractivity contribution is 0.0940. The summed E-state index contributed by atoms with van der Waals surface area (Å²) in [5.41, 5.74) is 1.04. The van der Waals surface area contributed by atoms with E-state index in [1.807, 2.05) is 31.2 Å². The molecule has 0 bridgehead atoms. The Kier molecular flexibility index (Phi) is 6.27. The van der Waals surface area contributed by atoms with Gasteiger partial charge in [-0.1, -0.05) is 23.7 Å². The van der Waals surface area contributed by atoms with E-state index in [1.54, 1.807) is 7.11 Å². The molecule has 8 heteroatoms. The van der Waals surface area contributed by atoms with Gasteiger partial charge in [0, 0.05) is 13.1 Å². The van der Waals surface area contributed by atoms with Gasteiger partial charge in [0.15, 0.2) is 0 Å². The van der Waals surface area contributed by atoms with Gasteiger partial charge in [-0.05, 0) is 55.7 Å².